The molecule has 1 atom stereocenters. The zero-order valence-corrected chi connectivity index (χ0v) is 16.0. The number of carboxylic acid groups (broad SMARTS) is 1. The summed E-state index contributed by atoms with van der Waals surface area (Å²) < 4.78 is 5.39. The van der Waals surface area contributed by atoms with Crippen molar-refractivity contribution in [2.75, 3.05) is 5.32 Å². The van der Waals surface area contributed by atoms with Gasteiger partial charge in [0.05, 0.1) is 22.4 Å². The Morgan fingerprint density at radius 1 is 1.36 bits per heavy atom. The van der Waals surface area contributed by atoms with E-state index in [1.165, 1.54) is 31.4 Å². The van der Waals surface area contributed by atoms with Gasteiger partial charge in [0.25, 0.3) is 5.91 Å². The standard InChI is InChI=1S/C18H14N2O6S2/c1-9(15(22)19-13-5-4-10(21)7-12(13)17(24)25)20-16(23)14(28-18(20)27)8-11-3-2-6-26-11/h2-9,21H,1H3,(H,19,22)(H,24,25). The lowest BCUT2D eigenvalue weighted by molar-refractivity contribution is -0.129. The van der Waals surface area contributed by atoms with Gasteiger partial charge >= 0.3 is 5.97 Å². The second-order valence-electron chi connectivity index (χ2n) is 5.77. The number of carbonyl (C=O) groups is 3. The highest BCUT2D eigenvalue weighted by atomic mass is 32.2. The summed E-state index contributed by atoms with van der Waals surface area (Å²) in [4.78, 5) is 38.1. The average molecular weight is 418 g/mol. The maximum atomic E-state index is 12.7. The number of thioether (sulfide) groups is 1. The van der Waals surface area contributed by atoms with Crippen molar-refractivity contribution in [3.63, 3.8) is 0 Å². The summed E-state index contributed by atoms with van der Waals surface area (Å²) in [5, 5.41) is 21.1. The monoisotopic (exact) mass is 418 g/mol. The first kappa shape index (κ1) is 19.6. The molecule has 10 heteroatoms. The number of hydrogen-bond donors (Lipinski definition) is 3. The summed E-state index contributed by atoms with van der Waals surface area (Å²) in [6, 6.07) is 5.92. The van der Waals surface area contributed by atoms with Crippen LogP contribution in [0.3, 0.4) is 0 Å². The number of carbonyl (C=O) groups excluding carboxylic acids is 2. The van der Waals surface area contributed by atoms with E-state index in [0.717, 1.165) is 22.7 Å². The largest absolute Gasteiger partial charge is 0.508 e. The minimum absolute atomic E-state index is 0.00119. The van der Waals surface area contributed by atoms with Crippen molar-refractivity contribution in [2.45, 2.75) is 13.0 Å². The molecule has 1 fully saturated rings. The van der Waals surface area contributed by atoms with Gasteiger partial charge in [-0.1, -0.05) is 24.0 Å². The van der Waals surface area contributed by atoms with E-state index in [9.17, 15) is 24.6 Å². The summed E-state index contributed by atoms with van der Waals surface area (Å²) in [5.74, 6) is -2.15. The van der Waals surface area contributed by atoms with E-state index in [2.05, 4.69) is 5.32 Å². The molecule has 2 heterocycles. The number of nitrogens with zero attached hydrogens (tertiary/aromatic N) is 1. The van der Waals surface area contributed by atoms with Gasteiger partial charge in [-0.15, -0.1) is 0 Å². The van der Waals surface area contributed by atoms with Crippen molar-refractivity contribution in [2.24, 2.45) is 0 Å². The molecule has 0 spiro atoms. The first-order chi connectivity index (χ1) is 13.3. The van der Waals surface area contributed by atoms with Gasteiger partial charge in [0.2, 0.25) is 5.91 Å². The zero-order chi connectivity index (χ0) is 20.4. The quantitative estimate of drug-likeness (QED) is 0.385. The minimum atomic E-state index is -1.31. The van der Waals surface area contributed by atoms with Crippen LogP contribution in [-0.4, -0.2) is 43.3 Å². The number of benzene rings is 1. The van der Waals surface area contributed by atoms with Gasteiger partial charge in [-0.05, 0) is 37.3 Å². The van der Waals surface area contributed by atoms with Crippen LogP contribution in [0.1, 0.15) is 23.0 Å². The molecule has 0 bridgehead atoms. The van der Waals surface area contributed by atoms with Crippen LogP contribution in [0.4, 0.5) is 5.69 Å². The number of thiocarbonyl (C=S) groups is 1. The average Bonchev–Trinajstić information content (AvgIpc) is 3.24. The fourth-order valence-corrected chi connectivity index (χ4v) is 3.89. The number of aromatic carboxylic acids is 1. The Morgan fingerprint density at radius 2 is 2.11 bits per heavy atom. The lowest BCUT2D eigenvalue weighted by Gasteiger charge is -2.22. The third-order valence-electron chi connectivity index (χ3n) is 3.90. The normalized spacial score (nSPS) is 16.5. The van der Waals surface area contributed by atoms with E-state index in [1.807, 2.05) is 0 Å². The Hall–Kier alpha value is -3.11. The van der Waals surface area contributed by atoms with Crippen LogP contribution in [-0.2, 0) is 9.59 Å². The van der Waals surface area contributed by atoms with Crippen molar-refractivity contribution in [3.8, 4) is 5.75 Å². The van der Waals surface area contributed by atoms with Crippen LogP contribution in [0.5, 0.6) is 5.75 Å². The Kier molecular flexibility index (Phi) is 5.52. The van der Waals surface area contributed by atoms with Crippen LogP contribution in [0, 0.1) is 0 Å². The molecule has 28 heavy (non-hydrogen) atoms. The topological polar surface area (TPSA) is 120 Å². The van der Waals surface area contributed by atoms with Crippen molar-refractivity contribution >= 4 is 57.8 Å². The highest BCUT2D eigenvalue weighted by molar-refractivity contribution is 8.26. The fraction of sp³-hybridized carbons (Fsp3) is 0.111. The lowest BCUT2D eigenvalue weighted by atomic mass is 10.1. The molecule has 1 aromatic heterocycles. The predicted molar refractivity (Wildman–Crippen MR) is 107 cm³/mol. The van der Waals surface area contributed by atoms with Gasteiger partial charge in [-0.2, -0.15) is 0 Å². The minimum Gasteiger partial charge on any atom is -0.508 e. The summed E-state index contributed by atoms with van der Waals surface area (Å²) in [7, 11) is 0. The molecular weight excluding hydrogens is 404 g/mol. The van der Waals surface area contributed by atoms with Gasteiger partial charge in [-0.25, -0.2) is 4.79 Å². The van der Waals surface area contributed by atoms with E-state index in [1.54, 1.807) is 12.1 Å². The Bertz CT molecular complexity index is 1000. The molecule has 0 radical (unpaired) electrons. The molecule has 0 saturated carbocycles. The number of rotatable bonds is 5. The second kappa shape index (κ2) is 7.87. The number of aromatic hydroxyl groups is 1. The van der Waals surface area contributed by atoms with E-state index < -0.39 is 23.8 Å². The Morgan fingerprint density at radius 3 is 2.75 bits per heavy atom. The molecule has 3 rings (SSSR count). The molecule has 1 aromatic carbocycles. The number of amides is 2. The highest BCUT2D eigenvalue weighted by Crippen LogP contribution is 2.34. The molecule has 1 saturated heterocycles. The van der Waals surface area contributed by atoms with E-state index in [0.29, 0.717) is 10.7 Å². The molecule has 144 valence electrons. The van der Waals surface area contributed by atoms with Gasteiger partial charge < -0.3 is 19.9 Å². The maximum Gasteiger partial charge on any atom is 0.337 e. The molecule has 0 aliphatic carbocycles. The van der Waals surface area contributed by atoms with Gasteiger partial charge in [0, 0.05) is 6.08 Å². The van der Waals surface area contributed by atoms with Crippen LogP contribution in [0.25, 0.3) is 6.08 Å². The van der Waals surface area contributed by atoms with E-state index >= 15 is 0 Å². The number of hydrogen-bond acceptors (Lipinski definition) is 7. The molecule has 1 unspecified atom stereocenters. The molecule has 1 aliphatic rings. The number of phenolic OH excluding ortho intramolecular Hbond substituents is 1. The molecular formula is C18H14N2O6S2. The summed E-state index contributed by atoms with van der Waals surface area (Å²) in [6.07, 6.45) is 3.01. The van der Waals surface area contributed by atoms with Crippen molar-refractivity contribution in [3.05, 3.63) is 52.8 Å². The molecule has 3 N–H and O–H groups in total. The van der Waals surface area contributed by atoms with E-state index in [-0.39, 0.29) is 21.3 Å². The van der Waals surface area contributed by atoms with E-state index in [4.69, 9.17) is 16.6 Å². The van der Waals surface area contributed by atoms with Crippen molar-refractivity contribution < 1.29 is 29.0 Å². The van der Waals surface area contributed by atoms with Gasteiger partial charge in [-0.3, -0.25) is 14.5 Å². The molecule has 2 aromatic rings. The summed E-state index contributed by atoms with van der Waals surface area (Å²) >= 11 is 6.27. The maximum absolute atomic E-state index is 12.7. The first-order valence-corrected chi connectivity index (χ1v) is 9.18. The molecule has 1 aliphatic heterocycles. The summed E-state index contributed by atoms with van der Waals surface area (Å²) in [5.41, 5.74) is -0.276. The third-order valence-corrected chi connectivity index (χ3v) is 5.23. The Labute approximate surface area is 168 Å². The smallest absolute Gasteiger partial charge is 0.337 e. The molecule has 8 nitrogen and oxygen atoms in total. The first-order valence-electron chi connectivity index (χ1n) is 7.95. The SMILES string of the molecule is CC(C(=O)Nc1ccc(O)cc1C(=O)O)N1C(=O)C(=Cc2ccco2)SC1=S. The highest BCUT2D eigenvalue weighted by Gasteiger charge is 2.38. The van der Waals surface area contributed by atoms with Crippen LogP contribution in [0.15, 0.2) is 45.9 Å². The number of furan rings is 1. The lowest BCUT2D eigenvalue weighted by Crippen LogP contribution is -2.44. The summed E-state index contributed by atoms with van der Waals surface area (Å²) in [6.45, 7) is 1.48. The number of anilines is 1. The third kappa shape index (κ3) is 3.92. The second-order valence-corrected chi connectivity index (χ2v) is 7.44. The fourth-order valence-electron chi connectivity index (χ4n) is 2.49. The van der Waals surface area contributed by atoms with Crippen molar-refractivity contribution in [1.82, 2.24) is 4.90 Å². The number of nitrogens with one attached hydrogen (secondary N) is 1. The van der Waals surface area contributed by atoms with Crippen LogP contribution in [0.2, 0.25) is 0 Å². The zero-order valence-electron chi connectivity index (χ0n) is 14.4. The number of phenols is 1. The van der Waals surface area contributed by atoms with Crippen LogP contribution < -0.4 is 5.32 Å². The van der Waals surface area contributed by atoms with Gasteiger partial charge in [0.15, 0.2) is 0 Å². The van der Waals surface area contributed by atoms with Crippen LogP contribution >= 0.6 is 24.0 Å². The number of carboxylic acids is 1. The predicted octanol–water partition coefficient (Wildman–Crippen LogP) is 2.91. The van der Waals surface area contributed by atoms with Gasteiger partial charge in [0.1, 0.15) is 21.9 Å². The Balaban J connectivity index is 1.79. The molecule has 2 amide bonds. The van der Waals surface area contributed by atoms with Crippen molar-refractivity contribution in [1.29, 1.82) is 0 Å².